The molecule has 0 radical (unpaired) electrons. The number of anilines is 1. The maximum absolute atomic E-state index is 12.4. The van der Waals surface area contributed by atoms with Gasteiger partial charge in [-0.1, -0.05) is 23.7 Å². The van der Waals surface area contributed by atoms with Gasteiger partial charge >= 0.3 is 5.97 Å². The van der Waals surface area contributed by atoms with Crippen LogP contribution in [-0.2, 0) is 4.79 Å². The van der Waals surface area contributed by atoms with E-state index in [-0.39, 0.29) is 12.5 Å². The van der Waals surface area contributed by atoms with Crippen molar-refractivity contribution in [2.45, 2.75) is 6.92 Å². The smallest absolute Gasteiger partial charge is 0.349 e. The van der Waals surface area contributed by atoms with Gasteiger partial charge in [0, 0.05) is 10.7 Å². The molecule has 1 N–H and O–H groups in total. The molecule has 0 fully saturated rings. The standard InChI is InChI=1S/C23H20ClNO5/c1-15-13-16(24)7-12-20(15)29-14-22(26)30-18-10-8-17(9-11-18)25-23(27)19-5-3-4-6-21(19)28-2/h3-13H,14H2,1-2H3,(H,25,27). The van der Waals surface area contributed by atoms with Crippen molar-refractivity contribution in [3.8, 4) is 17.2 Å². The number of carbonyl (C=O) groups is 2. The van der Waals surface area contributed by atoms with Crippen LogP contribution in [0.5, 0.6) is 17.2 Å². The normalized spacial score (nSPS) is 10.2. The highest BCUT2D eigenvalue weighted by atomic mass is 35.5. The van der Waals surface area contributed by atoms with Crippen LogP contribution >= 0.6 is 11.6 Å². The van der Waals surface area contributed by atoms with Crippen LogP contribution in [0.25, 0.3) is 0 Å². The first kappa shape index (κ1) is 21.2. The third-order valence-electron chi connectivity index (χ3n) is 4.18. The van der Waals surface area contributed by atoms with Crippen molar-refractivity contribution in [3.05, 3.63) is 82.9 Å². The number of hydrogen-bond donors (Lipinski definition) is 1. The summed E-state index contributed by atoms with van der Waals surface area (Å²) in [6.45, 7) is 1.60. The second-order valence-corrected chi connectivity index (χ2v) is 6.79. The van der Waals surface area contributed by atoms with Gasteiger partial charge in [0.05, 0.1) is 12.7 Å². The Morgan fingerprint density at radius 1 is 0.967 bits per heavy atom. The lowest BCUT2D eigenvalue weighted by molar-refractivity contribution is -0.136. The van der Waals surface area contributed by atoms with Gasteiger partial charge in [-0.25, -0.2) is 4.79 Å². The highest BCUT2D eigenvalue weighted by Crippen LogP contribution is 2.23. The third-order valence-corrected chi connectivity index (χ3v) is 4.41. The maximum atomic E-state index is 12.4. The minimum Gasteiger partial charge on any atom is -0.496 e. The summed E-state index contributed by atoms with van der Waals surface area (Å²) in [7, 11) is 1.51. The number of carbonyl (C=O) groups excluding carboxylic acids is 2. The second kappa shape index (κ2) is 9.80. The van der Waals surface area contributed by atoms with E-state index in [1.165, 1.54) is 7.11 Å². The molecule has 0 heterocycles. The zero-order chi connectivity index (χ0) is 21.5. The summed E-state index contributed by atoms with van der Waals surface area (Å²) >= 11 is 5.90. The van der Waals surface area contributed by atoms with Gasteiger partial charge in [-0.2, -0.15) is 0 Å². The Kier molecular flexibility index (Phi) is 6.93. The van der Waals surface area contributed by atoms with Crippen molar-refractivity contribution in [3.63, 3.8) is 0 Å². The number of nitrogens with one attached hydrogen (secondary N) is 1. The van der Waals surface area contributed by atoms with Gasteiger partial charge in [-0.3, -0.25) is 4.79 Å². The first-order chi connectivity index (χ1) is 14.5. The molecule has 154 valence electrons. The summed E-state index contributed by atoms with van der Waals surface area (Å²) in [5, 5.41) is 3.37. The lowest BCUT2D eigenvalue weighted by Crippen LogP contribution is -2.18. The van der Waals surface area contributed by atoms with Gasteiger partial charge in [0.2, 0.25) is 0 Å². The summed E-state index contributed by atoms with van der Waals surface area (Å²) in [5.74, 6) is 0.535. The SMILES string of the molecule is COc1ccccc1C(=O)Nc1ccc(OC(=O)COc2ccc(Cl)cc2C)cc1. The molecule has 0 unspecified atom stereocenters. The number of ether oxygens (including phenoxy) is 3. The van der Waals surface area contributed by atoms with Crippen LogP contribution in [0, 0.1) is 6.92 Å². The van der Waals surface area contributed by atoms with Crippen molar-refractivity contribution in [2.75, 3.05) is 19.0 Å². The Balaban J connectivity index is 1.55. The largest absolute Gasteiger partial charge is 0.496 e. The van der Waals surface area contributed by atoms with E-state index < -0.39 is 5.97 Å². The molecule has 6 nitrogen and oxygen atoms in total. The Bertz CT molecular complexity index is 1050. The topological polar surface area (TPSA) is 73.9 Å². The maximum Gasteiger partial charge on any atom is 0.349 e. The summed E-state index contributed by atoms with van der Waals surface area (Å²) in [5.41, 5.74) is 1.80. The van der Waals surface area contributed by atoms with E-state index in [9.17, 15) is 9.59 Å². The van der Waals surface area contributed by atoms with E-state index in [0.29, 0.717) is 33.5 Å². The molecule has 0 aliphatic rings. The summed E-state index contributed by atoms with van der Waals surface area (Å²) in [6.07, 6.45) is 0. The molecular formula is C23H20ClNO5. The molecule has 7 heteroatoms. The molecule has 0 aliphatic carbocycles. The quantitative estimate of drug-likeness (QED) is 0.430. The van der Waals surface area contributed by atoms with E-state index >= 15 is 0 Å². The van der Waals surface area contributed by atoms with Crippen LogP contribution in [0.2, 0.25) is 5.02 Å². The second-order valence-electron chi connectivity index (χ2n) is 6.35. The van der Waals surface area contributed by atoms with E-state index in [1.807, 2.05) is 6.92 Å². The van der Waals surface area contributed by atoms with Gasteiger partial charge in [0.1, 0.15) is 17.2 Å². The number of para-hydroxylation sites is 1. The van der Waals surface area contributed by atoms with Crippen molar-refractivity contribution in [2.24, 2.45) is 0 Å². The molecule has 0 aliphatic heterocycles. The van der Waals surface area contributed by atoms with Gasteiger partial charge in [-0.15, -0.1) is 0 Å². The number of rotatable bonds is 7. The van der Waals surface area contributed by atoms with E-state index in [4.69, 9.17) is 25.8 Å². The molecule has 0 spiro atoms. The Morgan fingerprint density at radius 2 is 1.70 bits per heavy atom. The van der Waals surface area contributed by atoms with Crippen LogP contribution in [0.3, 0.4) is 0 Å². The summed E-state index contributed by atoms with van der Waals surface area (Å²) in [4.78, 5) is 24.4. The Labute approximate surface area is 179 Å². The highest BCUT2D eigenvalue weighted by Gasteiger charge is 2.12. The number of halogens is 1. The summed E-state index contributed by atoms with van der Waals surface area (Å²) in [6, 6.07) is 18.5. The van der Waals surface area contributed by atoms with Crippen molar-refractivity contribution in [1.82, 2.24) is 0 Å². The molecule has 0 atom stereocenters. The molecule has 3 aromatic carbocycles. The lowest BCUT2D eigenvalue weighted by Gasteiger charge is -2.11. The number of benzene rings is 3. The van der Waals surface area contributed by atoms with Crippen LogP contribution < -0.4 is 19.5 Å². The van der Waals surface area contributed by atoms with E-state index in [0.717, 1.165) is 5.56 Å². The highest BCUT2D eigenvalue weighted by molar-refractivity contribution is 6.30. The van der Waals surface area contributed by atoms with Crippen LogP contribution in [-0.4, -0.2) is 25.6 Å². The Hall–Kier alpha value is -3.51. The van der Waals surface area contributed by atoms with Crippen molar-refractivity contribution < 1.29 is 23.8 Å². The fourth-order valence-corrected chi connectivity index (χ4v) is 2.94. The van der Waals surface area contributed by atoms with Gasteiger partial charge in [-0.05, 0) is 67.1 Å². The van der Waals surface area contributed by atoms with Crippen LogP contribution in [0.1, 0.15) is 15.9 Å². The van der Waals surface area contributed by atoms with Gasteiger partial charge in [0.25, 0.3) is 5.91 Å². The Morgan fingerprint density at radius 3 is 2.40 bits per heavy atom. The van der Waals surface area contributed by atoms with Crippen LogP contribution in [0.15, 0.2) is 66.7 Å². The predicted molar refractivity (Wildman–Crippen MR) is 115 cm³/mol. The average molecular weight is 426 g/mol. The van der Waals surface area contributed by atoms with Crippen molar-refractivity contribution in [1.29, 1.82) is 0 Å². The number of amides is 1. The zero-order valence-corrected chi connectivity index (χ0v) is 17.2. The monoisotopic (exact) mass is 425 g/mol. The molecule has 0 saturated heterocycles. The fraction of sp³-hybridized carbons (Fsp3) is 0.130. The third kappa shape index (κ3) is 5.52. The average Bonchev–Trinajstić information content (AvgIpc) is 2.74. The summed E-state index contributed by atoms with van der Waals surface area (Å²) < 4.78 is 15.9. The first-order valence-corrected chi connectivity index (χ1v) is 9.48. The van der Waals surface area contributed by atoms with Gasteiger partial charge in [0.15, 0.2) is 6.61 Å². The molecular weight excluding hydrogens is 406 g/mol. The van der Waals surface area contributed by atoms with E-state index in [1.54, 1.807) is 66.7 Å². The molecule has 3 rings (SSSR count). The zero-order valence-electron chi connectivity index (χ0n) is 16.5. The number of methoxy groups -OCH3 is 1. The molecule has 3 aromatic rings. The molecule has 0 saturated carbocycles. The van der Waals surface area contributed by atoms with Gasteiger partial charge < -0.3 is 19.5 Å². The molecule has 1 amide bonds. The predicted octanol–water partition coefficient (Wildman–Crippen LogP) is 4.89. The lowest BCUT2D eigenvalue weighted by atomic mass is 10.2. The minimum absolute atomic E-state index is 0.241. The fourth-order valence-electron chi connectivity index (χ4n) is 2.71. The number of esters is 1. The van der Waals surface area contributed by atoms with Crippen molar-refractivity contribution >= 4 is 29.2 Å². The van der Waals surface area contributed by atoms with E-state index in [2.05, 4.69) is 5.32 Å². The molecule has 30 heavy (non-hydrogen) atoms. The first-order valence-electron chi connectivity index (χ1n) is 9.10. The number of hydrogen-bond acceptors (Lipinski definition) is 5. The van der Waals surface area contributed by atoms with Crippen LogP contribution in [0.4, 0.5) is 5.69 Å². The molecule has 0 bridgehead atoms. The number of aryl methyl sites for hydroxylation is 1. The molecule has 0 aromatic heterocycles. The minimum atomic E-state index is -0.546.